The van der Waals surface area contributed by atoms with Crippen LogP contribution in [0.2, 0.25) is 0 Å². The van der Waals surface area contributed by atoms with Crippen molar-refractivity contribution < 1.29 is 4.79 Å². The van der Waals surface area contributed by atoms with Gasteiger partial charge in [-0.1, -0.05) is 13.8 Å². The second kappa shape index (κ2) is 5.09. The van der Waals surface area contributed by atoms with Crippen LogP contribution in [0.1, 0.15) is 13.8 Å². The van der Waals surface area contributed by atoms with E-state index in [1.807, 2.05) is 18.2 Å². The lowest BCUT2D eigenvalue weighted by atomic mass is 10.7. The SMILES string of the molecule is CCN(CC)SC(=O)Cl. The summed E-state index contributed by atoms with van der Waals surface area (Å²) in [4.78, 5) is 10.3. The summed E-state index contributed by atoms with van der Waals surface area (Å²) in [6.07, 6.45) is 0. The maximum Gasteiger partial charge on any atom is 0.294 e. The molecule has 0 heterocycles. The van der Waals surface area contributed by atoms with Gasteiger partial charge in [0.15, 0.2) is 0 Å². The molecule has 0 amide bonds. The molecule has 0 saturated heterocycles. The van der Waals surface area contributed by atoms with E-state index in [1.165, 1.54) is 0 Å². The molecule has 0 atom stereocenters. The molecule has 0 radical (unpaired) electrons. The van der Waals surface area contributed by atoms with Gasteiger partial charge in [-0.05, 0) is 11.6 Å². The van der Waals surface area contributed by atoms with Gasteiger partial charge in [0.05, 0.1) is 0 Å². The van der Waals surface area contributed by atoms with Crippen LogP contribution in [0.25, 0.3) is 0 Å². The number of hydrogen-bond donors (Lipinski definition) is 0. The molecular formula is C5H10ClNOS. The van der Waals surface area contributed by atoms with Crippen molar-refractivity contribution in [3.8, 4) is 0 Å². The molecule has 4 heteroatoms. The lowest BCUT2D eigenvalue weighted by Crippen LogP contribution is -2.14. The Morgan fingerprint density at radius 1 is 1.56 bits per heavy atom. The summed E-state index contributed by atoms with van der Waals surface area (Å²) in [5.74, 6) is 0. The first kappa shape index (κ1) is 9.27. The Morgan fingerprint density at radius 3 is 2.11 bits per heavy atom. The Balaban J connectivity index is 3.43. The van der Waals surface area contributed by atoms with Gasteiger partial charge in [-0.2, -0.15) is 0 Å². The minimum Gasteiger partial charge on any atom is -0.267 e. The van der Waals surface area contributed by atoms with Gasteiger partial charge in [0.1, 0.15) is 0 Å². The Hall–Kier alpha value is 0.270. The van der Waals surface area contributed by atoms with Gasteiger partial charge in [0.2, 0.25) is 0 Å². The predicted molar refractivity (Wildman–Crippen MR) is 41.8 cm³/mol. The van der Waals surface area contributed by atoms with E-state index in [9.17, 15) is 4.79 Å². The lowest BCUT2D eigenvalue weighted by molar-refractivity contribution is 0.275. The summed E-state index contributed by atoms with van der Waals surface area (Å²) < 4.78 is 1.52. The monoisotopic (exact) mass is 167 g/mol. The molecule has 0 aliphatic carbocycles. The van der Waals surface area contributed by atoms with Crippen molar-refractivity contribution in [2.45, 2.75) is 13.8 Å². The van der Waals surface area contributed by atoms with Crippen LogP contribution in [0, 0.1) is 0 Å². The summed E-state index contributed by atoms with van der Waals surface area (Å²) in [5.41, 5.74) is 0. The van der Waals surface area contributed by atoms with Gasteiger partial charge in [-0.15, -0.1) is 0 Å². The number of nitrogens with zero attached hydrogens (tertiary/aromatic N) is 1. The third-order valence-corrected chi connectivity index (χ3v) is 2.03. The van der Waals surface area contributed by atoms with Crippen molar-refractivity contribution in [1.29, 1.82) is 0 Å². The Morgan fingerprint density at radius 2 is 2.00 bits per heavy atom. The molecule has 0 aromatic heterocycles. The number of hydrogen-bond acceptors (Lipinski definition) is 3. The summed E-state index contributed by atoms with van der Waals surface area (Å²) in [5, 5.41) is 0. The molecule has 0 aromatic rings. The zero-order valence-corrected chi connectivity index (χ0v) is 7.13. The van der Waals surface area contributed by atoms with Gasteiger partial charge in [0.25, 0.3) is 4.57 Å². The highest BCUT2D eigenvalue weighted by atomic mass is 35.5. The van der Waals surface area contributed by atoms with Crippen molar-refractivity contribution >= 4 is 28.1 Å². The number of carbonyl (C=O) groups is 1. The fraction of sp³-hybridized carbons (Fsp3) is 0.800. The van der Waals surface area contributed by atoms with Gasteiger partial charge >= 0.3 is 0 Å². The van der Waals surface area contributed by atoms with Crippen LogP contribution >= 0.6 is 23.5 Å². The molecule has 0 rings (SSSR count). The van der Waals surface area contributed by atoms with E-state index in [0.29, 0.717) is 0 Å². The van der Waals surface area contributed by atoms with Crippen molar-refractivity contribution in [3.63, 3.8) is 0 Å². The maximum absolute atomic E-state index is 10.3. The minimum atomic E-state index is -0.362. The van der Waals surface area contributed by atoms with Crippen molar-refractivity contribution in [3.05, 3.63) is 0 Å². The Bertz CT molecular complexity index is 95.0. The van der Waals surface area contributed by atoms with Gasteiger partial charge in [-0.3, -0.25) is 4.79 Å². The molecule has 0 saturated carbocycles. The maximum atomic E-state index is 10.3. The third kappa shape index (κ3) is 4.75. The van der Waals surface area contributed by atoms with E-state index in [1.54, 1.807) is 0 Å². The van der Waals surface area contributed by atoms with E-state index >= 15 is 0 Å². The van der Waals surface area contributed by atoms with E-state index in [2.05, 4.69) is 0 Å². The van der Waals surface area contributed by atoms with Gasteiger partial charge in [0, 0.05) is 25.0 Å². The molecule has 9 heavy (non-hydrogen) atoms. The first-order valence-corrected chi connectivity index (χ1v) is 3.98. The quantitative estimate of drug-likeness (QED) is 0.476. The van der Waals surface area contributed by atoms with Crippen LogP contribution < -0.4 is 0 Å². The number of rotatable bonds is 3. The highest BCUT2D eigenvalue weighted by molar-refractivity contribution is 8.14. The first-order valence-electron chi connectivity index (χ1n) is 2.83. The van der Waals surface area contributed by atoms with Crippen molar-refractivity contribution in [2.24, 2.45) is 0 Å². The highest BCUT2D eigenvalue weighted by Gasteiger charge is 2.03. The fourth-order valence-corrected chi connectivity index (χ4v) is 1.21. The van der Waals surface area contributed by atoms with Crippen LogP contribution in [0.5, 0.6) is 0 Å². The zero-order chi connectivity index (χ0) is 7.28. The second-order valence-electron chi connectivity index (χ2n) is 1.44. The smallest absolute Gasteiger partial charge is 0.267 e. The Labute approximate surface area is 64.7 Å². The number of halogens is 1. The van der Waals surface area contributed by atoms with Crippen LogP contribution in [-0.2, 0) is 0 Å². The van der Waals surface area contributed by atoms with Crippen LogP contribution in [-0.4, -0.2) is 22.0 Å². The summed E-state index contributed by atoms with van der Waals surface area (Å²) in [6, 6.07) is 0. The van der Waals surface area contributed by atoms with Gasteiger partial charge in [-0.25, -0.2) is 4.31 Å². The van der Waals surface area contributed by atoms with Crippen molar-refractivity contribution in [1.82, 2.24) is 4.31 Å². The molecular weight excluding hydrogens is 158 g/mol. The Kier molecular flexibility index (Phi) is 5.24. The van der Waals surface area contributed by atoms with E-state index < -0.39 is 0 Å². The van der Waals surface area contributed by atoms with Crippen LogP contribution in [0.4, 0.5) is 4.79 Å². The largest absolute Gasteiger partial charge is 0.294 e. The molecule has 2 nitrogen and oxygen atoms in total. The summed E-state index contributed by atoms with van der Waals surface area (Å²) in [7, 11) is 0. The average Bonchev–Trinajstić information content (AvgIpc) is 1.82. The molecule has 0 aliphatic rings. The molecule has 0 fully saturated rings. The molecule has 0 aliphatic heterocycles. The summed E-state index contributed by atoms with van der Waals surface area (Å²) >= 11 is 6.17. The zero-order valence-electron chi connectivity index (χ0n) is 5.56. The summed E-state index contributed by atoms with van der Waals surface area (Å²) in [6.45, 7) is 5.66. The van der Waals surface area contributed by atoms with E-state index in [4.69, 9.17) is 11.6 Å². The van der Waals surface area contributed by atoms with Crippen LogP contribution in [0.3, 0.4) is 0 Å². The molecule has 0 spiro atoms. The standard InChI is InChI=1S/C5H10ClNOS/c1-3-7(4-2)9-5(6)8/h3-4H2,1-2H3. The topological polar surface area (TPSA) is 20.3 Å². The lowest BCUT2D eigenvalue weighted by Gasteiger charge is -2.12. The third-order valence-electron chi connectivity index (χ3n) is 0.906. The second-order valence-corrected chi connectivity index (χ2v) is 3.08. The normalized spacial score (nSPS) is 10.2. The highest BCUT2D eigenvalue weighted by Crippen LogP contribution is 2.12. The molecule has 0 bridgehead atoms. The minimum absolute atomic E-state index is 0.362. The molecule has 54 valence electrons. The predicted octanol–water partition coefficient (Wildman–Crippen LogP) is 2.34. The van der Waals surface area contributed by atoms with Gasteiger partial charge < -0.3 is 0 Å². The van der Waals surface area contributed by atoms with E-state index in [0.717, 1.165) is 25.0 Å². The molecule has 0 N–H and O–H groups in total. The fourth-order valence-electron chi connectivity index (χ4n) is 0.454. The van der Waals surface area contributed by atoms with Crippen LogP contribution in [0.15, 0.2) is 0 Å². The molecule has 0 unspecified atom stereocenters. The van der Waals surface area contributed by atoms with E-state index in [-0.39, 0.29) is 4.57 Å². The number of carbonyl (C=O) groups excluding carboxylic acids is 1. The molecule has 0 aromatic carbocycles. The van der Waals surface area contributed by atoms with Crippen molar-refractivity contribution in [2.75, 3.05) is 13.1 Å². The first-order chi connectivity index (χ1) is 4.20. The average molecular weight is 168 g/mol.